The summed E-state index contributed by atoms with van der Waals surface area (Å²) >= 11 is 5.36. The van der Waals surface area contributed by atoms with E-state index in [9.17, 15) is 0 Å². The lowest BCUT2D eigenvalue weighted by atomic mass is 10.1. The second-order valence-corrected chi connectivity index (χ2v) is 4.86. The third-order valence-corrected chi connectivity index (χ3v) is 3.20. The number of hydrogen-bond donors (Lipinski definition) is 1. The molecule has 100 valence electrons. The van der Waals surface area contributed by atoms with Gasteiger partial charge >= 0.3 is 0 Å². The fourth-order valence-electron chi connectivity index (χ4n) is 2.00. The van der Waals surface area contributed by atoms with E-state index < -0.39 is 0 Å². The van der Waals surface area contributed by atoms with E-state index >= 15 is 0 Å². The highest BCUT2D eigenvalue weighted by Crippen LogP contribution is 2.18. The maximum Gasteiger partial charge on any atom is 0.226 e. The topological polar surface area (TPSA) is 42.7 Å². The molecule has 19 heavy (non-hydrogen) atoms. The highest BCUT2D eigenvalue weighted by molar-refractivity contribution is 7.71. The lowest BCUT2D eigenvalue weighted by Crippen LogP contribution is -2.09. The van der Waals surface area contributed by atoms with Gasteiger partial charge in [-0.1, -0.05) is 25.1 Å². The van der Waals surface area contributed by atoms with E-state index in [1.807, 2.05) is 10.6 Å². The average molecular weight is 274 g/mol. The molecule has 0 radical (unpaired) electrons. The molecule has 0 unspecified atom stereocenters. The average Bonchev–Trinajstić information content (AvgIpc) is 2.38. The molecule has 1 aromatic heterocycles. The Kier molecular flexibility index (Phi) is 4.27. The van der Waals surface area contributed by atoms with Crippen molar-refractivity contribution < 1.29 is 0 Å². The highest BCUT2D eigenvalue weighted by atomic mass is 32.1. The summed E-state index contributed by atoms with van der Waals surface area (Å²) in [5.41, 5.74) is 3.39. The summed E-state index contributed by atoms with van der Waals surface area (Å²) < 4.78 is 2.38. The first-order valence-electron chi connectivity index (χ1n) is 6.39. The Morgan fingerprint density at radius 1 is 1.26 bits per heavy atom. The van der Waals surface area contributed by atoms with Crippen LogP contribution in [0.4, 0.5) is 5.95 Å². The number of nitrogens with one attached hydrogen (secondary N) is 1. The van der Waals surface area contributed by atoms with Gasteiger partial charge in [0.15, 0.2) is 0 Å². The van der Waals surface area contributed by atoms with Crippen LogP contribution in [0.3, 0.4) is 0 Å². The van der Waals surface area contributed by atoms with E-state index in [0.717, 1.165) is 29.8 Å². The molecule has 1 N–H and O–H groups in total. The Bertz CT molecular complexity index is 613. The maximum atomic E-state index is 5.36. The molecule has 0 saturated carbocycles. The lowest BCUT2D eigenvalue weighted by molar-refractivity contribution is 0.866. The van der Waals surface area contributed by atoms with Gasteiger partial charge in [0, 0.05) is 6.54 Å². The summed E-state index contributed by atoms with van der Waals surface area (Å²) in [5, 5.41) is 3.14. The largest absolute Gasteiger partial charge is 0.354 e. The molecule has 0 aliphatic heterocycles. The van der Waals surface area contributed by atoms with E-state index in [4.69, 9.17) is 12.2 Å². The van der Waals surface area contributed by atoms with Gasteiger partial charge in [-0.2, -0.15) is 4.98 Å². The minimum Gasteiger partial charge on any atom is -0.354 e. The zero-order valence-electron chi connectivity index (χ0n) is 11.5. The summed E-state index contributed by atoms with van der Waals surface area (Å²) in [6.45, 7) is 7.07. The Morgan fingerprint density at radius 3 is 2.53 bits per heavy atom. The molecule has 0 fully saturated rings. The molecular formula is C14H18N4S. The van der Waals surface area contributed by atoms with Crippen molar-refractivity contribution in [2.45, 2.75) is 27.2 Å². The zero-order chi connectivity index (χ0) is 13.8. The Morgan fingerprint density at radius 2 is 1.95 bits per heavy atom. The number of aryl methyl sites for hydroxylation is 2. The van der Waals surface area contributed by atoms with E-state index in [-0.39, 0.29) is 0 Å². The van der Waals surface area contributed by atoms with Crippen molar-refractivity contribution in [3.05, 3.63) is 40.4 Å². The van der Waals surface area contributed by atoms with Crippen LogP contribution in [-0.2, 0) is 0 Å². The van der Waals surface area contributed by atoms with Gasteiger partial charge in [0.2, 0.25) is 10.7 Å². The molecule has 1 heterocycles. The summed E-state index contributed by atoms with van der Waals surface area (Å²) in [6.07, 6.45) is 2.77. The van der Waals surface area contributed by atoms with Crippen molar-refractivity contribution in [1.29, 1.82) is 0 Å². The molecule has 0 atom stereocenters. The fourth-order valence-corrected chi connectivity index (χ4v) is 2.22. The fraction of sp³-hybridized carbons (Fsp3) is 0.357. The number of rotatable bonds is 4. The van der Waals surface area contributed by atoms with Gasteiger partial charge in [-0.15, -0.1) is 0 Å². The first kappa shape index (κ1) is 13.7. The van der Waals surface area contributed by atoms with Gasteiger partial charge < -0.3 is 5.32 Å². The van der Waals surface area contributed by atoms with E-state index in [1.54, 1.807) is 6.33 Å². The van der Waals surface area contributed by atoms with Gasteiger partial charge in [0.1, 0.15) is 6.33 Å². The monoisotopic (exact) mass is 274 g/mol. The van der Waals surface area contributed by atoms with E-state index in [0.29, 0.717) is 10.7 Å². The van der Waals surface area contributed by atoms with Crippen molar-refractivity contribution in [3.63, 3.8) is 0 Å². The zero-order valence-corrected chi connectivity index (χ0v) is 12.3. The van der Waals surface area contributed by atoms with Gasteiger partial charge in [-0.25, -0.2) is 4.98 Å². The molecule has 0 aliphatic rings. The van der Waals surface area contributed by atoms with Crippen LogP contribution >= 0.6 is 12.2 Å². The van der Waals surface area contributed by atoms with Crippen molar-refractivity contribution in [1.82, 2.24) is 14.5 Å². The van der Waals surface area contributed by atoms with Crippen molar-refractivity contribution >= 4 is 18.2 Å². The molecule has 0 aliphatic carbocycles. The highest BCUT2D eigenvalue weighted by Gasteiger charge is 2.06. The molecule has 0 saturated heterocycles. The predicted molar refractivity (Wildman–Crippen MR) is 80.4 cm³/mol. The summed E-state index contributed by atoms with van der Waals surface area (Å²) in [7, 11) is 0. The van der Waals surface area contributed by atoms with E-state index in [2.05, 4.69) is 48.2 Å². The maximum absolute atomic E-state index is 5.36. The number of nitrogens with zero attached hydrogens (tertiary/aromatic N) is 3. The van der Waals surface area contributed by atoms with Crippen LogP contribution in [0.2, 0.25) is 0 Å². The standard InChI is InChI=1S/C14H18N4S/c1-4-8-15-13-16-9-18(14(19)17-13)12-10(2)6-5-7-11(12)3/h5-7,9H,4,8H2,1-3H3,(H,15,17,19). The molecule has 2 aromatic rings. The van der Waals surface area contributed by atoms with Crippen LogP contribution in [-0.4, -0.2) is 21.1 Å². The van der Waals surface area contributed by atoms with Crippen LogP contribution in [0.1, 0.15) is 24.5 Å². The predicted octanol–water partition coefficient (Wildman–Crippen LogP) is 3.44. The number of aromatic nitrogens is 3. The third-order valence-electron chi connectivity index (χ3n) is 2.92. The quantitative estimate of drug-likeness (QED) is 0.867. The van der Waals surface area contributed by atoms with Crippen molar-refractivity contribution in [3.8, 4) is 5.69 Å². The molecule has 0 spiro atoms. The first-order chi connectivity index (χ1) is 9.13. The molecule has 4 nitrogen and oxygen atoms in total. The molecular weight excluding hydrogens is 256 g/mol. The normalized spacial score (nSPS) is 10.5. The van der Waals surface area contributed by atoms with Crippen molar-refractivity contribution in [2.24, 2.45) is 0 Å². The second kappa shape index (κ2) is 5.93. The molecule has 0 amide bonds. The number of anilines is 1. The minimum absolute atomic E-state index is 0.519. The van der Waals surface area contributed by atoms with Crippen LogP contribution in [0.5, 0.6) is 0 Å². The summed E-state index contributed by atoms with van der Waals surface area (Å²) in [6, 6.07) is 6.16. The lowest BCUT2D eigenvalue weighted by Gasteiger charge is -2.13. The minimum atomic E-state index is 0.519. The Balaban J connectivity index is 2.44. The number of hydrogen-bond acceptors (Lipinski definition) is 4. The van der Waals surface area contributed by atoms with Crippen LogP contribution in [0.15, 0.2) is 24.5 Å². The van der Waals surface area contributed by atoms with Gasteiger partial charge in [-0.3, -0.25) is 4.57 Å². The smallest absolute Gasteiger partial charge is 0.226 e. The molecule has 1 aromatic carbocycles. The Hall–Kier alpha value is -1.75. The molecule has 0 bridgehead atoms. The van der Waals surface area contributed by atoms with Gasteiger partial charge in [-0.05, 0) is 43.6 Å². The van der Waals surface area contributed by atoms with Crippen molar-refractivity contribution in [2.75, 3.05) is 11.9 Å². The summed E-state index contributed by atoms with van der Waals surface area (Å²) in [4.78, 5) is 8.63. The van der Waals surface area contributed by atoms with Crippen LogP contribution in [0, 0.1) is 18.6 Å². The second-order valence-electron chi connectivity index (χ2n) is 4.50. The molecule has 5 heteroatoms. The van der Waals surface area contributed by atoms with E-state index in [1.165, 1.54) is 0 Å². The van der Waals surface area contributed by atoms with Gasteiger partial charge in [0.25, 0.3) is 0 Å². The van der Waals surface area contributed by atoms with Crippen LogP contribution < -0.4 is 5.32 Å². The number of para-hydroxylation sites is 1. The first-order valence-corrected chi connectivity index (χ1v) is 6.80. The third kappa shape index (κ3) is 2.98. The van der Waals surface area contributed by atoms with Gasteiger partial charge in [0.05, 0.1) is 5.69 Å². The Labute approximate surface area is 118 Å². The SMILES string of the molecule is CCCNc1ncn(-c2c(C)cccc2C)c(=S)n1. The van der Waals surface area contributed by atoms with Crippen LogP contribution in [0.25, 0.3) is 5.69 Å². The number of benzene rings is 1. The summed E-state index contributed by atoms with van der Waals surface area (Å²) in [5.74, 6) is 0.592. The molecule has 2 rings (SSSR count).